The quantitative estimate of drug-likeness (QED) is 0.698. The maximum absolute atomic E-state index is 11.2. The number of carbonyl (C=O) groups excluding carboxylic acids is 1. The average Bonchev–Trinajstić information content (AvgIpc) is 2.57. The molecule has 0 atom stereocenters. The monoisotopic (exact) mass is 199 g/mol. The number of amides is 1. The zero-order valence-corrected chi connectivity index (χ0v) is 8.36. The van der Waals surface area contributed by atoms with Gasteiger partial charge in [0.25, 0.3) is 0 Å². The van der Waals surface area contributed by atoms with E-state index in [0.717, 1.165) is 13.0 Å². The molecule has 0 saturated carbocycles. The topological polar surface area (TPSA) is 54.0 Å². The van der Waals surface area contributed by atoms with Crippen molar-refractivity contribution in [1.29, 1.82) is 0 Å². The lowest BCUT2D eigenvalue weighted by atomic mass is 10.3. The molecular formula is C8H13N3OS. The van der Waals surface area contributed by atoms with Crippen LogP contribution >= 0.6 is 11.3 Å². The molecule has 4 nitrogen and oxygen atoms in total. The second kappa shape index (κ2) is 5.66. The SMILES string of the molecule is CNCCCC(=O)Nc1nccs1. The Bertz CT molecular complexity index is 248. The van der Waals surface area contributed by atoms with Crippen molar-refractivity contribution in [3.63, 3.8) is 0 Å². The number of nitrogens with zero attached hydrogens (tertiary/aromatic N) is 1. The van der Waals surface area contributed by atoms with Crippen molar-refractivity contribution in [2.24, 2.45) is 0 Å². The second-order valence-electron chi connectivity index (χ2n) is 2.59. The normalized spacial score (nSPS) is 9.92. The van der Waals surface area contributed by atoms with Gasteiger partial charge >= 0.3 is 0 Å². The summed E-state index contributed by atoms with van der Waals surface area (Å²) < 4.78 is 0. The first kappa shape index (κ1) is 10.1. The lowest BCUT2D eigenvalue weighted by Gasteiger charge is -2.00. The molecule has 1 aromatic rings. The largest absolute Gasteiger partial charge is 0.320 e. The molecule has 1 aromatic heterocycles. The molecule has 0 aliphatic rings. The molecule has 1 heterocycles. The highest BCUT2D eigenvalue weighted by Crippen LogP contribution is 2.10. The van der Waals surface area contributed by atoms with Crippen molar-refractivity contribution in [1.82, 2.24) is 10.3 Å². The minimum atomic E-state index is 0.0326. The Labute approximate surface area is 81.4 Å². The van der Waals surface area contributed by atoms with E-state index in [1.54, 1.807) is 6.20 Å². The molecule has 1 amide bonds. The number of aromatic nitrogens is 1. The molecule has 0 aliphatic carbocycles. The molecule has 72 valence electrons. The summed E-state index contributed by atoms with van der Waals surface area (Å²) in [6.45, 7) is 0.866. The maximum Gasteiger partial charge on any atom is 0.226 e. The molecule has 0 fully saturated rings. The lowest BCUT2D eigenvalue weighted by molar-refractivity contribution is -0.116. The third-order valence-electron chi connectivity index (χ3n) is 1.51. The van der Waals surface area contributed by atoms with Crippen molar-refractivity contribution in [3.05, 3.63) is 11.6 Å². The first-order chi connectivity index (χ1) is 6.33. The molecule has 0 radical (unpaired) electrons. The van der Waals surface area contributed by atoms with Crippen molar-refractivity contribution >= 4 is 22.4 Å². The number of carbonyl (C=O) groups is 1. The van der Waals surface area contributed by atoms with Crippen LogP contribution in [0, 0.1) is 0 Å². The molecule has 1 rings (SSSR count). The minimum Gasteiger partial charge on any atom is -0.320 e. The summed E-state index contributed by atoms with van der Waals surface area (Å²) in [7, 11) is 1.87. The first-order valence-electron chi connectivity index (χ1n) is 4.17. The number of thiazole rings is 1. The summed E-state index contributed by atoms with van der Waals surface area (Å²) in [4.78, 5) is 15.2. The van der Waals surface area contributed by atoms with Crippen LogP contribution in [0.15, 0.2) is 11.6 Å². The summed E-state index contributed by atoms with van der Waals surface area (Å²) in [5.41, 5.74) is 0. The predicted molar refractivity (Wildman–Crippen MR) is 53.9 cm³/mol. The van der Waals surface area contributed by atoms with E-state index >= 15 is 0 Å². The zero-order valence-electron chi connectivity index (χ0n) is 7.54. The lowest BCUT2D eigenvalue weighted by Crippen LogP contribution is -2.14. The van der Waals surface area contributed by atoms with Crippen LogP contribution in [0.5, 0.6) is 0 Å². The number of rotatable bonds is 5. The van der Waals surface area contributed by atoms with Crippen LogP contribution in [0.25, 0.3) is 0 Å². The maximum atomic E-state index is 11.2. The summed E-state index contributed by atoms with van der Waals surface area (Å²) in [5, 5.41) is 8.22. The third-order valence-corrected chi connectivity index (χ3v) is 2.20. The zero-order chi connectivity index (χ0) is 9.52. The van der Waals surface area contributed by atoms with Crippen molar-refractivity contribution < 1.29 is 4.79 Å². The van der Waals surface area contributed by atoms with Crippen molar-refractivity contribution in [3.8, 4) is 0 Å². The Morgan fingerprint density at radius 2 is 2.54 bits per heavy atom. The standard InChI is InChI=1S/C8H13N3OS/c1-9-4-2-3-7(12)11-8-10-5-6-13-8/h5-6,9H,2-4H2,1H3,(H,10,11,12). The molecule has 0 spiro atoms. The van der Waals surface area contributed by atoms with Crippen molar-refractivity contribution in [2.75, 3.05) is 18.9 Å². The fourth-order valence-corrected chi connectivity index (χ4v) is 1.44. The van der Waals surface area contributed by atoms with E-state index in [2.05, 4.69) is 15.6 Å². The Hall–Kier alpha value is -0.940. The summed E-state index contributed by atoms with van der Waals surface area (Å²) in [6.07, 6.45) is 3.07. The Kier molecular flexibility index (Phi) is 4.42. The van der Waals surface area contributed by atoms with Gasteiger partial charge in [-0.2, -0.15) is 0 Å². The molecule has 0 bridgehead atoms. The molecule has 0 aromatic carbocycles. The summed E-state index contributed by atoms with van der Waals surface area (Å²) in [6, 6.07) is 0. The van der Waals surface area contributed by atoms with Gasteiger partial charge < -0.3 is 10.6 Å². The highest BCUT2D eigenvalue weighted by molar-refractivity contribution is 7.13. The van der Waals surface area contributed by atoms with E-state index in [9.17, 15) is 4.79 Å². The van der Waals surface area contributed by atoms with Gasteiger partial charge in [-0.15, -0.1) is 11.3 Å². The molecule has 0 aliphatic heterocycles. The van der Waals surface area contributed by atoms with Gasteiger partial charge in [-0.05, 0) is 20.0 Å². The van der Waals surface area contributed by atoms with Gasteiger partial charge in [-0.1, -0.05) is 0 Å². The summed E-state index contributed by atoms with van der Waals surface area (Å²) in [5.74, 6) is 0.0326. The number of anilines is 1. The van der Waals surface area contributed by atoms with Gasteiger partial charge in [0.2, 0.25) is 5.91 Å². The van der Waals surface area contributed by atoms with Crippen LogP contribution in [0.3, 0.4) is 0 Å². The number of nitrogens with one attached hydrogen (secondary N) is 2. The Balaban J connectivity index is 2.18. The van der Waals surface area contributed by atoms with Gasteiger partial charge in [-0.25, -0.2) is 4.98 Å². The first-order valence-corrected chi connectivity index (χ1v) is 5.05. The van der Waals surface area contributed by atoms with Crippen molar-refractivity contribution in [2.45, 2.75) is 12.8 Å². The van der Waals surface area contributed by atoms with Gasteiger partial charge in [0.15, 0.2) is 5.13 Å². The van der Waals surface area contributed by atoms with Crippen LogP contribution in [0.2, 0.25) is 0 Å². The molecule has 13 heavy (non-hydrogen) atoms. The third kappa shape index (κ3) is 4.00. The van der Waals surface area contributed by atoms with Gasteiger partial charge in [0.1, 0.15) is 0 Å². The number of hydrogen-bond acceptors (Lipinski definition) is 4. The van der Waals surface area contributed by atoms with E-state index in [-0.39, 0.29) is 5.91 Å². The molecule has 5 heteroatoms. The molecule has 0 unspecified atom stereocenters. The highest BCUT2D eigenvalue weighted by atomic mass is 32.1. The van der Waals surface area contributed by atoms with Crippen LogP contribution in [-0.2, 0) is 4.79 Å². The minimum absolute atomic E-state index is 0.0326. The van der Waals surface area contributed by atoms with E-state index in [0.29, 0.717) is 11.6 Å². The molecule has 0 saturated heterocycles. The van der Waals surface area contributed by atoms with Crippen LogP contribution in [-0.4, -0.2) is 24.5 Å². The Morgan fingerprint density at radius 1 is 1.69 bits per heavy atom. The fourth-order valence-electron chi connectivity index (χ4n) is 0.893. The summed E-state index contributed by atoms with van der Waals surface area (Å²) >= 11 is 1.43. The second-order valence-corrected chi connectivity index (χ2v) is 3.49. The van der Waals surface area contributed by atoms with Crippen LogP contribution < -0.4 is 10.6 Å². The smallest absolute Gasteiger partial charge is 0.226 e. The highest BCUT2D eigenvalue weighted by Gasteiger charge is 2.02. The molecular weight excluding hydrogens is 186 g/mol. The van der Waals surface area contributed by atoms with E-state index in [1.165, 1.54) is 11.3 Å². The predicted octanol–water partition coefficient (Wildman–Crippen LogP) is 1.08. The van der Waals surface area contributed by atoms with Crippen LogP contribution in [0.1, 0.15) is 12.8 Å². The molecule has 2 N–H and O–H groups in total. The number of hydrogen-bond donors (Lipinski definition) is 2. The van der Waals surface area contributed by atoms with E-state index in [4.69, 9.17) is 0 Å². The van der Waals surface area contributed by atoms with Gasteiger partial charge in [0.05, 0.1) is 0 Å². The van der Waals surface area contributed by atoms with E-state index in [1.807, 2.05) is 12.4 Å². The average molecular weight is 199 g/mol. The van der Waals surface area contributed by atoms with Gasteiger partial charge in [-0.3, -0.25) is 4.79 Å². The Morgan fingerprint density at radius 3 is 3.15 bits per heavy atom. The van der Waals surface area contributed by atoms with E-state index < -0.39 is 0 Å². The van der Waals surface area contributed by atoms with Gasteiger partial charge in [0, 0.05) is 18.0 Å². The van der Waals surface area contributed by atoms with Crippen LogP contribution in [0.4, 0.5) is 5.13 Å². The fraction of sp³-hybridized carbons (Fsp3) is 0.500.